The predicted octanol–water partition coefficient (Wildman–Crippen LogP) is 3.63. The Hall–Kier alpha value is -2.38. The van der Waals surface area contributed by atoms with Gasteiger partial charge in [0.25, 0.3) is 0 Å². The van der Waals surface area contributed by atoms with E-state index in [0.29, 0.717) is 35.8 Å². The topological polar surface area (TPSA) is 66.2 Å². The number of hydrogen-bond donors (Lipinski definition) is 0. The summed E-state index contributed by atoms with van der Waals surface area (Å²) in [6.45, 7) is 4.52. The number of fused-ring (bicyclic) bond motifs is 1. The lowest BCUT2D eigenvalue weighted by Crippen LogP contribution is -2.05. The van der Waals surface area contributed by atoms with Crippen LogP contribution in [0.25, 0.3) is 11.0 Å². The van der Waals surface area contributed by atoms with Crippen LogP contribution >= 0.6 is 22.9 Å². The molecule has 3 rings (SSSR count). The zero-order valence-electron chi connectivity index (χ0n) is 13.6. The first-order valence-electron chi connectivity index (χ1n) is 7.46. The van der Waals surface area contributed by atoms with Gasteiger partial charge in [-0.1, -0.05) is 12.7 Å². The van der Waals surface area contributed by atoms with Gasteiger partial charge in [0.05, 0.1) is 36.1 Å². The molecule has 3 aromatic rings. The summed E-state index contributed by atoms with van der Waals surface area (Å²) in [6.07, 6.45) is 3.43. The minimum Gasteiger partial charge on any atom is -0.487 e. The number of hydrogen-bond acceptors (Lipinski definition) is 6. The normalized spacial score (nSPS) is 10.8. The maximum atomic E-state index is 12.0. The fraction of sp³-hybridized carbons (Fsp3) is 0.235. The van der Waals surface area contributed by atoms with E-state index < -0.39 is 5.97 Å². The summed E-state index contributed by atoms with van der Waals surface area (Å²) in [5.74, 6) is 0.980. The average Bonchev–Trinajstić information content (AvgIpc) is 3.27. The highest BCUT2D eigenvalue weighted by Crippen LogP contribution is 2.30. The Bertz CT molecular complexity index is 906. The molecule has 0 saturated heterocycles. The molecule has 0 N–H and O–H groups in total. The van der Waals surface area contributed by atoms with Gasteiger partial charge in [-0.2, -0.15) is 0 Å². The fourth-order valence-corrected chi connectivity index (χ4v) is 3.28. The molecule has 25 heavy (non-hydrogen) atoms. The van der Waals surface area contributed by atoms with Gasteiger partial charge in [0.15, 0.2) is 0 Å². The van der Waals surface area contributed by atoms with E-state index in [4.69, 9.17) is 21.1 Å². The molecule has 0 bridgehead atoms. The van der Waals surface area contributed by atoms with Crippen molar-refractivity contribution in [2.75, 3.05) is 13.7 Å². The summed E-state index contributed by atoms with van der Waals surface area (Å²) < 4.78 is 12.5. The molecule has 0 unspecified atom stereocenters. The molecule has 0 atom stereocenters. The molecule has 130 valence electrons. The van der Waals surface area contributed by atoms with Crippen molar-refractivity contribution in [1.82, 2.24) is 14.5 Å². The molecule has 0 aliphatic heterocycles. The molecular formula is C17H16ClN3O3S. The largest absolute Gasteiger partial charge is 0.487 e. The molecule has 2 aromatic heterocycles. The third-order valence-electron chi connectivity index (χ3n) is 3.59. The van der Waals surface area contributed by atoms with Crippen molar-refractivity contribution >= 4 is 39.9 Å². The smallest absolute Gasteiger partial charge is 0.338 e. The van der Waals surface area contributed by atoms with Crippen LogP contribution in [0.1, 0.15) is 21.1 Å². The Balaban J connectivity index is 2.19. The van der Waals surface area contributed by atoms with E-state index in [1.54, 1.807) is 41.3 Å². The van der Waals surface area contributed by atoms with E-state index in [9.17, 15) is 4.79 Å². The monoisotopic (exact) mass is 377 g/mol. The van der Waals surface area contributed by atoms with Crippen LogP contribution in [-0.2, 0) is 17.2 Å². The standard InChI is InChI=1S/C17H16ClN3O3S/c1-3-4-24-14-6-11(17(22)23-2)5-13-16(14)20-15(7-18)21(13)9-12-8-19-10-25-12/h3,5-6,8,10H,1,4,7,9H2,2H3. The second-order valence-corrected chi connectivity index (χ2v) is 6.39. The number of benzene rings is 1. The molecular weight excluding hydrogens is 362 g/mol. The van der Waals surface area contributed by atoms with Crippen LogP contribution in [0.3, 0.4) is 0 Å². The van der Waals surface area contributed by atoms with E-state index in [1.807, 2.05) is 4.57 Å². The van der Waals surface area contributed by atoms with Crippen LogP contribution < -0.4 is 4.74 Å². The number of rotatable bonds is 7. The van der Waals surface area contributed by atoms with E-state index in [1.165, 1.54) is 7.11 Å². The average molecular weight is 378 g/mol. The van der Waals surface area contributed by atoms with Crippen LogP contribution in [0.2, 0.25) is 0 Å². The maximum Gasteiger partial charge on any atom is 0.338 e. The summed E-state index contributed by atoms with van der Waals surface area (Å²) in [7, 11) is 1.34. The Morgan fingerprint density at radius 3 is 2.96 bits per heavy atom. The predicted molar refractivity (Wildman–Crippen MR) is 97.5 cm³/mol. The van der Waals surface area contributed by atoms with Gasteiger partial charge < -0.3 is 14.0 Å². The number of carbonyl (C=O) groups excluding carboxylic acids is 1. The van der Waals surface area contributed by atoms with Crippen LogP contribution in [-0.4, -0.2) is 34.2 Å². The number of nitrogens with zero attached hydrogens (tertiary/aromatic N) is 3. The first-order valence-corrected chi connectivity index (χ1v) is 8.87. The molecule has 0 radical (unpaired) electrons. The highest BCUT2D eigenvalue weighted by Gasteiger charge is 2.19. The lowest BCUT2D eigenvalue weighted by Gasteiger charge is -2.09. The summed E-state index contributed by atoms with van der Waals surface area (Å²) in [5, 5.41) is 0. The molecule has 6 nitrogen and oxygen atoms in total. The number of ether oxygens (including phenoxy) is 2. The molecule has 0 spiro atoms. The molecule has 1 aromatic carbocycles. The quantitative estimate of drug-likeness (QED) is 0.357. The van der Waals surface area contributed by atoms with Crippen molar-refractivity contribution < 1.29 is 14.3 Å². The van der Waals surface area contributed by atoms with Crippen LogP contribution in [0.4, 0.5) is 0 Å². The summed E-state index contributed by atoms with van der Waals surface area (Å²) >= 11 is 7.63. The number of thiazole rings is 1. The lowest BCUT2D eigenvalue weighted by atomic mass is 10.2. The molecule has 0 aliphatic carbocycles. The summed E-state index contributed by atoms with van der Waals surface area (Å²) in [4.78, 5) is 21.8. The lowest BCUT2D eigenvalue weighted by molar-refractivity contribution is 0.0600. The molecule has 0 aliphatic rings. The van der Waals surface area contributed by atoms with Gasteiger partial charge in [-0.3, -0.25) is 4.98 Å². The van der Waals surface area contributed by atoms with E-state index >= 15 is 0 Å². The number of alkyl halides is 1. The van der Waals surface area contributed by atoms with E-state index in [0.717, 1.165) is 10.4 Å². The van der Waals surface area contributed by atoms with Gasteiger partial charge in [0.1, 0.15) is 23.7 Å². The van der Waals surface area contributed by atoms with Gasteiger partial charge in [0, 0.05) is 11.1 Å². The Morgan fingerprint density at radius 2 is 2.32 bits per heavy atom. The third-order valence-corrected chi connectivity index (χ3v) is 4.60. The number of aromatic nitrogens is 3. The SMILES string of the molecule is C=CCOc1cc(C(=O)OC)cc2c1nc(CCl)n2Cc1cncs1. The number of methoxy groups -OCH3 is 1. The Morgan fingerprint density at radius 1 is 1.48 bits per heavy atom. The second kappa shape index (κ2) is 7.67. The van der Waals surface area contributed by atoms with Gasteiger partial charge in [-0.15, -0.1) is 22.9 Å². The summed E-state index contributed by atoms with van der Waals surface area (Å²) in [5.41, 5.74) is 3.56. The molecule has 8 heteroatoms. The molecule has 0 amide bonds. The van der Waals surface area contributed by atoms with Gasteiger partial charge in [-0.25, -0.2) is 9.78 Å². The first-order chi connectivity index (χ1) is 12.2. The Kier molecular flexibility index (Phi) is 5.35. The van der Waals surface area contributed by atoms with Crippen LogP contribution in [0.5, 0.6) is 5.75 Å². The number of imidazole rings is 1. The van der Waals surface area contributed by atoms with Crippen molar-refractivity contribution in [1.29, 1.82) is 0 Å². The molecule has 0 saturated carbocycles. The Labute approximate surface area is 153 Å². The van der Waals surface area contributed by atoms with Crippen molar-refractivity contribution in [2.24, 2.45) is 0 Å². The zero-order chi connectivity index (χ0) is 17.8. The highest BCUT2D eigenvalue weighted by atomic mass is 35.5. The molecule has 2 heterocycles. The number of halogens is 1. The van der Waals surface area contributed by atoms with E-state index in [2.05, 4.69) is 16.5 Å². The van der Waals surface area contributed by atoms with E-state index in [-0.39, 0.29) is 5.88 Å². The van der Waals surface area contributed by atoms with Crippen molar-refractivity contribution in [2.45, 2.75) is 12.4 Å². The maximum absolute atomic E-state index is 12.0. The van der Waals surface area contributed by atoms with Gasteiger partial charge in [-0.05, 0) is 12.1 Å². The minimum atomic E-state index is -0.441. The highest BCUT2D eigenvalue weighted by molar-refractivity contribution is 7.09. The van der Waals surface area contributed by atoms with Crippen LogP contribution in [0.15, 0.2) is 36.5 Å². The first kappa shape index (κ1) is 17.4. The van der Waals surface area contributed by atoms with Crippen molar-refractivity contribution in [3.63, 3.8) is 0 Å². The van der Waals surface area contributed by atoms with Gasteiger partial charge in [0.2, 0.25) is 0 Å². The number of carbonyl (C=O) groups is 1. The molecule has 0 fully saturated rings. The second-order valence-electron chi connectivity index (χ2n) is 5.15. The zero-order valence-corrected chi connectivity index (χ0v) is 15.1. The van der Waals surface area contributed by atoms with Gasteiger partial charge >= 0.3 is 5.97 Å². The third kappa shape index (κ3) is 3.52. The summed E-state index contributed by atoms with van der Waals surface area (Å²) in [6, 6.07) is 3.37. The van der Waals surface area contributed by atoms with Crippen molar-refractivity contribution in [3.8, 4) is 5.75 Å². The van der Waals surface area contributed by atoms with Crippen molar-refractivity contribution in [3.05, 3.63) is 52.8 Å². The fourth-order valence-electron chi connectivity index (χ4n) is 2.49. The minimum absolute atomic E-state index is 0.238. The number of esters is 1. The van der Waals surface area contributed by atoms with Crippen LogP contribution in [0, 0.1) is 0 Å².